The summed E-state index contributed by atoms with van der Waals surface area (Å²) in [7, 11) is 1.80. The molecule has 0 saturated carbocycles. The molecule has 0 fully saturated rings. The second-order valence-corrected chi connectivity index (χ2v) is 5.04. The van der Waals surface area contributed by atoms with Crippen LogP contribution < -0.4 is 5.32 Å². The number of nitrogens with zero attached hydrogens (tertiary/aromatic N) is 1. The second kappa shape index (κ2) is 6.24. The predicted octanol–water partition coefficient (Wildman–Crippen LogP) is 3.97. The molecule has 2 aromatic rings. The van der Waals surface area contributed by atoms with E-state index in [-0.39, 0.29) is 6.03 Å². The van der Waals surface area contributed by atoms with Gasteiger partial charge in [0, 0.05) is 19.3 Å². The highest BCUT2D eigenvalue weighted by Gasteiger charge is 2.11. The fourth-order valence-corrected chi connectivity index (χ4v) is 2.14. The van der Waals surface area contributed by atoms with Crippen LogP contribution in [0.4, 0.5) is 10.5 Å². The molecule has 0 saturated heterocycles. The number of para-hydroxylation sites is 1. The smallest absolute Gasteiger partial charge is 0.321 e. The minimum Gasteiger partial charge on any atom is -0.323 e. The average molecular weight is 268 g/mol. The second-order valence-electron chi connectivity index (χ2n) is 5.04. The molecule has 0 aromatic heterocycles. The van der Waals surface area contributed by atoms with Gasteiger partial charge < -0.3 is 10.2 Å². The topological polar surface area (TPSA) is 32.3 Å². The molecule has 0 bridgehead atoms. The lowest BCUT2D eigenvalue weighted by atomic mass is 10.1. The van der Waals surface area contributed by atoms with Crippen molar-refractivity contribution >= 4 is 11.7 Å². The van der Waals surface area contributed by atoms with Gasteiger partial charge in [-0.2, -0.15) is 0 Å². The van der Waals surface area contributed by atoms with Gasteiger partial charge in [-0.25, -0.2) is 4.79 Å². The summed E-state index contributed by atoms with van der Waals surface area (Å²) >= 11 is 0. The molecule has 0 radical (unpaired) electrons. The number of carbonyl (C=O) groups excluding carboxylic acids is 1. The van der Waals surface area contributed by atoms with Crippen LogP contribution in [0.5, 0.6) is 0 Å². The molecule has 0 aliphatic carbocycles. The van der Waals surface area contributed by atoms with Crippen LogP contribution >= 0.6 is 0 Å². The molecule has 2 aromatic carbocycles. The van der Waals surface area contributed by atoms with Gasteiger partial charge in [0.25, 0.3) is 0 Å². The summed E-state index contributed by atoms with van der Waals surface area (Å²) in [5.74, 6) is 0. The third-order valence-corrected chi connectivity index (χ3v) is 3.32. The molecular formula is C17H20N2O. The maximum atomic E-state index is 12.2. The summed E-state index contributed by atoms with van der Waals surface area (Å²) in [4.78, 5) is 13.9. The molecule has 0 aliphatic rings. The third-order valence-electron chi connectivity index (χ3n) is 3.32. The number of hydrogen-bond donors (Lipinski definition) is 1. The first-order chi connectivity index (χ1) is 9.58. The monoisotopic (exact) mass is 268 g/mol. The number of hydrogen-bond acceptors (Lipinski definition) is 1. The lowest BCUT2D eigenvalue weighted by molar-refractivity contribution is 0.220. The van der Waals surface area contributed by atoms with Crippen LogP contribution in [-0.2, 0) is 6.54 Å². The fraction of sp³-hybridized carbons (Fsp3) is 0.235. The predicted molar refractivity (Wildman–Crippen MR) is 82.8 cm³/mol. The molecule has 0 spiro atoms. The minimum atomic E-state index is -0.0914. The number of carbonyl (C=O) groups is 1. The number of amides is 2. The number of anilines is 1. The van der Waals surface area contributed by atoms with E-state index >= 15 is 0 Å². The highest BCUT2D eigenvalue weighted by molar-refractivity contribution is 5.90. The summed E-state index contributed by atoms with van der Waals surface area (Å²) in [6.07, 6.45) is 0. The van der Waals surface area contributed by atoms with E-state index < -0.39 is 0 Å². The zero-order valence-corrected chi connectivity index (χ0v) is 12.2. The maximum Gasteiger partial charge on any atom is 0.321 e. The molecule has 104 valence electrons. The van der Waals surface area contributed by atoms with Crippen LogP contribution in [0.25, 0.3) is 0 Å². The Labute approximate surface area is 120 Å². The summed E-state index contributed by atoms with van der Waals surface area (Å²) in [5, 5.41) is 2.99. The largest absolute Gasteiger partial charge is 0.323 e. The Morgan fingerprint density at radius 3 is 2.20 bits per heavy atom. The summed E-state index contributed by atoms with van der Waals surface area (Å²) in [6, 6.07) is 15.9. The van der Waals surface area contributed by atoms with Crippen LogP contribution in [0.1, 0.15) is 16.7 Å². The van der Waals surface area contributed by atoms with Gasteiger partial charge in [-0.3, -0.25) is 0 Å². The van der Waals surface area contributed by atoms with Crippen molar-refractivity contribution in [3.8, 4) is 0 Å². The van der Waals surface area contributed by atoms with Gasteiger partial charge in [-0.1, -0.05) is 48.5 Å². The van der Waals surface area contributed by atoms with Gasteiger partial charge in [0.1, 0.15) is 0 Å². The molecule has 2 amide bonds. The van der Waals surface area contributed by atoms with Crippen molar-refractivity contribution in [2.45, 2.75) is 20.4 Å². The Balaban J connectivity index is 2.05. The first-order valence-electron chi connectivity index (χ1n) is 6.70. The summed E-state index contributed by atoms with van der Waals surface area (Å²) < 4.78 is 0. The first-order valence-corrected chi connectivity index (χ1v) is 6.70. The molecule has 2 rings (SSSR count). The van der Waals surface area contributed by atoms with E-state index in [4.69, 9.17) is 0 Å². The van der Waals surface area contributed by atoms with Crippen molar-refractivity contribution in [2.75, 3.05) is 12.4 Å². The van der Waals surface area contributed by atoms with E-state index in [2.05, 4.69) is 5.32 Å². The van der Waals surface area contributed by atoms with Crippen molar-refractivity contribution in [1.29, 1.82) is 0 Å². The molecule has 0 heterocycles. The van der Waals surface area contributed by atoms with Gasteiger partial charge >= 0.3 is 6.03 Å². The highest BCUT2D eigenvalue weighted by Crippen LogP contribution is 2.19. The maximum absolute atomic E-state index is 12.2. The van der Waals surface area contributed by atoms with E-state index in [0.717, 1.165) is 22.4 Å². The fourth-order valence-electron chi connectivity index (χ4n) is 2.14. The first kappa shape index (κ1) is 14.1. The molecule has 1 N–H and O–H groups in total. The standard InChI is InChI=1S/C17H20N2O/c1-13-8-7-9-14(2)16(13)18-17(20)19(3)12-15-10-5-4-6-11-15/h4-11H,12H2,1-3H3,(H,18,20). The van der Waals surface area contributed by atoms with E-state index in [9.17, 15) is 4.79 Å². The van der Waals surface area contributed by atoms with Gasteiger partial charge in [0.15, 0.2) is 0 Å². The Morgan fingerprint density at radius 2 is 1.60 bits per heavy atom. The van der Waals surface area contributed by atoms with Crippen molar-refractivity contribution in [3.63, 3.8) is 0 Å². The van der Waals surface area contributed by atoms with E-state index in [1.165, 1.54) is 0 Å². The lowest BCUT2D eigenvalue weighted by Gasteiger charge is -2.20. The van der Waals surface area contributed by atoms with E-state index in [1.807, 2.05) is 62.4 Å². The van der Waals surface area contributed by atoms with Crippen molar-refractivity contribution in [3.05, 3.63) is 65.2 Å². The normalized spacial score (nSPS) is 10.2. The number of nitrogens with one attached hydrogen (secondary N) is 1. The van der Waals surface area contributed by atoms with E-state index in [1.54, 1.807) is 11.9 Å². The van der Waals surface area contributed by atoms with Crippen LogP contribution in [0.3, 0.4) is 0 Å². The van der Waals surface area contributed by atoms with Crippen LogP contribution in [-0.4, -0.2) is 18.0 Å². The molecular weight excluding hydrogens is 248 g/mol. The Hall–Kier alpha value is -2.29. The van der Waals surface area contributed by atoms with Crippen LogP contribution in [0.2, 0.25) is 0 Å². The Kier molecular flexibility index (Phi) is 4.41. The molecule has 3 nitrogen and oxygen atoms in total. The molecule has 0 aliphatic heterocycles. The third kappa shape index (κ3) is 3.38. The average Bonchev–Trinajstić information content (AvgIpc) is 2.44. The molecule has 3 heteroatoms. The van der Waals surface area contributed by atoms with Crippen LogP contribution in [0.15, 0.2) is 48.5 Å². The Bertz CT molecular complexity index is 573. The van der Waals surface area contributed by atoms with Crippen molar-refractivity contribution in [1.82, 2.24) is 4.90 Å². The van der Waals surface area contributed by atoms with Gasteiger partial charge in [-0.15, -0.1) is 0 Å². The summed E-state index contributed by atoms with van der Waals surface area (Å²) in [5.41, 5.74) is 4.17. The van der Waals surface area contributed by atoms with E-state index in [0.29, 0.717) is 6.54 Å². The van der Waals surface area contributed by atoms with Crippen LogP contribution in [0, 0.1) is 13.8 Å². The van der Waals surface area contributed by atoms with Gasteiger partial charge in [-0.05, 0) is 30.5 Å². The quantitative estimate of drug-likeness (QED) is 0.897. The summed E-state index contributed by atoms with van der Waals surface area (Å²) in [6.45, 7) is 4.59. The number of rotatable bonds is 3. The SMILES string of the molecule is Cc1cccc(C)c1NC(=O)N(C)Cc1ccccc1. The molecule has 0 atom stereocenters. The highest BCUT2D eigenvalue weighted by atomic mass is 16.2. The molecule has 0 unspecified atom stereocenters. The Morgan fingerprint density at radius 1 is 1.00 bits per heavy atom. The van der Waals surface area contributed by atoms with Gasteiger partial charge in [0.2, 0.25) is 0 Å². The zero-order valence-electron chi connectivity index (χ0n) is 12.2. The lowest BCUT2D eigenvalue weighted by Crippen LogP contribution is -2.31. The van der Waals surface area contributed by atoms with Crippen molar-refractivity contribution in [2.24, 2.45) is 0 Å². The number of urea groups is 1. The molecule has 20 heavy (non-hydrogen) atoms. The number of benzene rings is 2. The number of aryl methyl sites for hydroxylation is 2. The van der Waals surface area contributed by atoms with Gasteiger partial charge in [0.05, 0.1) is 0 Å². The van der Waals surface area contributed by atoms with Crippen molar-refractivity contribution < 1.29 is 4.79 Å². The zero-order chi connectivity index (χ0) is 14.5. The minimum absolute atomic E-state index is 0.0914.